The number of rotatable bonds is 3. The van der Waals surface area contributed by atoms with E-state index in [4.69, 9.17) is 4.74 Å². The number of hydrogen-bond acceptors (Lipinski definition) is 5. The first-order valence-electron chi connectivity index (χ1n) is 4.08. The lowest BCUT2D eigenvalue weighted by atomic mass is 10.4. The number of aromatic nitrogens is 5. The molecule has 0 radical (unpaired) electrons. The van der Waals surface area contributed by atoms with Crippen LogP contribution >= 0.6 is 0 Å². The van der Waals surface area contributed by atoms with Crippen LogP contribution in [0.2, 0.25) is 0 Å². The standard InChI is InChI=1S/C8H9N5O/c1-14-6-7-2-3-8(12-11-7)13-9-4-5-10-13/h2-5H,6H2,1H3. The second-order valence-corrected chi connectivity index (χ2v) is 2.63. The summed E-state index contributed by atoms with van der Waals surface area (Å²) in [4.78, 5) is 1.41. The van der Waals surface area contributed by atoms with E-state index in [9.17, 15) is 0 Å². The summed E-state index contributed by atoms with van der Waals surface area (Å²) < 4.78 is 4.92. The van der Waals surface area contributed by atoms with E-state index in [-0.39, 0.29) is 0 Å². The molecule has 0 fully saturated rings. The van der Waals surface area contributed by atoms with Crippen molar-refractivity contribution in [2.45, 2.75) is 6.61 Å². The molecule has 6 nitrogen and oxygen atoms in total. The number of ether oxygens (including phenoxy) is 1. The first-order valence-corrected chi connectivity index (χ1v) is 4.08. The van der Waals surface area contributed by atoms with Gasteiger partial charge in [-0.25, -0.2) is 0 Å². The van der Waals surface area contributed by atoms with Crippen molar-refractivity contribution in [3.8, 4) is 5.82 Å². The Morgan fingerprint density at radius 2 is 2.00 bits per heavy atom. The lowest BCUT2D eigenvalue weighted by molar-refractivity contribution is 0.180. The third kappa shape index (κ3) is 1.74. The Morgan fingerprint density at radius 3 is 2.57 bits per heavy atom. The van der Waals surface area contributed by atoms with Crippen LogP contribution < -0.4 is 0 Å². The summed E-state index contributed by atoms with van der Waals surface area (Å²) in [5.41, 5.74) is 0.781. The maximum atomic E-state index is 4.92. The fourth-order valence-corrected chi connectivity index (χ4v) is 1.02. The van der Waals surface area contributed by atoms with Crippen molar-refractivity contribution < 1.29 is 4.74 Å². The van der Waals surface area contributed by atoms with Crippen molar-refractivity contribution >= 4 is 0 Å². The molecule has 0 aliphatic heterocycles. The summed E-state index contributed by atoms with van der Waals surface area (Å²) in [5, 5.41) is 15.8. The first kappa shape index (κ1) is 8.76. The topological polar surface area (TPSA) is 65.7 Å². The molecular weight excluding hydrogens is 182 g/mol. The van der Waals surface area contributed by atoms with E-state index >= 15 is 0 Å². The molecule has 0 saturated heterocycles. The molecule has 14 heavy (non-hydrogen) atoms. The maximum Gasteiger partial charge on any atom is 0.196 e. The molecule has 0 atom stereocenters. The largest absolute Gasteiger partial charge is 0.378 e. The van der Waals surface area contributed by atoms with E-state index in [1.54, 1.807) is 25.6 Å². The Bertz CT molecular complexity index is 383. The molecule has 0 aliphatic rings. The average Bonchev–Trinajstić information content (AvgIpc) is 2.72. The highest BCUT2D eigenvalue weighted by Crippen LogP contribution is 2.00. The fraction of sp³-hybridized carbons (Fsp3) is 0.250. The highest BCUT2D eigenvalue weighted by atomic mass is 16.5. The van der Waals surface area contributed by atoms with Crippen LogP contribution in [-0.4, -0.2) is 32.3 Å². The lowest BCUT2D eigenvalue weighted by Gasteiger charge is -1.99. The summed E-state index contributed by atoms with van der Waals surface area (Å²) in [6, 6.07) is 3.62. The molecule has 0 bridgehead atoms. The molecule has 0 spiro atoms. The van der Waals surface area contributed by atoms with Gasteiger partial charge < -0.3 is 4.74 Å². The predicted octanol–water partition coefficient (Wildman–Crippen LogP) is 0.204. The normalized spacial score (nSPS) is 10.4. The molecule has 2 aromatic rings. The van der Waals surface area contributed by atoms with Crippen molar-refractivity contribution in [1.29, 1.82) is 0 Å². The summed E-state index contributed by atoms with van der Waals surface area (Å²) in [7, 11) is 1.62. The summed E-state index contributed by atoms with van der Waals surface area (Å²) >= 11 is 0. The SMILES string of the molecule is COCc1ccc(-n2nccn2)nn1. The summed E-state index contributed by atoms with van der Waals surface area (Å²) in [5.74, 6) is 0.592. The molecule has 6 heteroatoms. The van der Waals surface area contributed by atoms with Gasteiger partial charge in [0.15, 0.2) is 5.82 Å². The fourth-order valence-electron chi connectivity index (χ4n) is 1.02. The molecule has 2 rings (SSSR count). The molecular formula is C8H9N5O. The highest BCUT2D eigenvalue weighted by molar-refractivity contribution is 5.17. The van der Waals surface area contributed by atoms with Crippen LogP contribution in [0.3, 0.4) is 0 Å². The molecule has 0 N–H and O–H groups in total. The predicted molar refractivity (Wildman–Crippen MR) is 47.7 cm³/mol. The number of methoxy groups -OCH3 is 1. The van der Waals surface area contributed by atoms with Gasteiger partial charge in [0.1, 0.15) is 0 Å². The van der Waals surface area contributed by atoms with Crippen molar-refractivity contribution in [1.82, 2.24) is 25.2 Å². The van der Waals surface area contributed by atoms with Crippen molar-refractivity contribution in [3.05, 3.63) is 30.2 Å². The van der Waals surface area contributed by atoms with Crippen LogP contribution in [0.5, 0.6) is 0 Å². The van der Waals surface area contributed by atoms with Gasteiger partial charge in [-0.1, -0.05) is 0 Å². The number of hydrogen-bond donors (Lipinski definition) is 0. The van der Waals surface area contributed by atoms with E-state index in [2.05, 4.69) is 20.4 Å². The van der Waals surface area contributed by atoms with E-state index < -0.39 is 0 Å². The first-order chi connectivity index (χ1) is 6.90. The van der Waals surface area contributed by atoms with Gasteiger partial charge in [-0.15, -0.1) is 9.90 Å². The zero-order chi connectivity index (χ0) is 9.80. The van der Waals surface area contributed by atoms with Crippen LogP contribution in [-0.2, 0) is 11.3 Å². The quantitative estimate of drug-likeness (QED) is 0.693. The van der Waals surface area contributed by atoms with Crippen LogP contribution in [0.25, 0.3) is 5.82 Å². The molecule has 2 aromatic heterocycles. The minimum atomic E-state index is 0.458. The minimum absolute atomic E-state index is 0.458. The second kappa shape index (κ2) is 3.93. The van der Waals surface area contributed by atoms with E-state index in [0.29, 0.717) is 12.4 Å². The van der Waals surface area contributed by atoms with Crippen LogP contribution in [0.4, 0.5) is 0 Å². The zero-order valence-electron chi connectivity index (χ0n) is 7.66. The van der Waals surface area contributed by atoms with Crippen molar-refractivity contribution in [2.24, 2.45) is 0 Å². The van der Waals surface area contributed by atoms with E-state index in [1.807, 2.05) is 6.07 Å². The summed E-state index contributed by atoms with van der Waals surface area (Å²) in [6.45, 7) is 0.458. The van der Waals surface area contributed by atoms with Crippen LogP contribution in [0.15, 0.2) is 24.5 Å². The minimum Gasteiger partial charge on any atom is -0.378 e. The second-order valence-electron chi connectivity index (χ2n) is 2.63. The molecule has 0 saturated carbocycles. The molecule has 72 valence electrons. The van der Waals surface area contributed by atoms with Crippen molar-refractivity contribution in [3.63, 3.8) is 0 Å². The Labute approximate surface area is 80.5 Å². The Balaban J connectivity index is 2.22. The molecule has 0 unspecified atom stereocenters. The molecule has 2 heterocycles. The van der Waals surface area contributed by atoms with Gasteiger partial charge in [0.25, 0.3) is 0 Å². The van der Waals surface area contributed by atoms with Gasteiger partial charge in [0.05, 0.1) is 24.7 Å². The highest BCUT2D eigenvalue weighted by Gasteiger charge is 2.00. The Kier molecular flexibility index (Phi) is 2.46. The van der Waals surface area contributed by atoms with E-state index in [0.717, 1.165) is 5.69 Å². The summed E-state index contributed by atoms with van der Waals surface area (Å²) in [6.07, 6.45) is 3.18. The number of nitrogens with zero attached hydrogens (tertiary/aromatic N) is 5. The van der Waals surface area contributed by atoms with Crippen LogP contribution in [0.1, 0.15) is 5.69 Å². The molecule has 0 amide bonds. The third-order valence-electron chi connectivity index (χ3n) is 1.62. The smallest absolute Gasteiger partial charge is 0.196 e. The van der Waals surface area contributed by atoms with Gasteiger partial charge in [-0.2, -0.15) is 15.3 Å². The van der Waals surface area contributed by atoms with Gasteiger partial charge in [-0.3, -0.25) is 0 Å². The maximum absolute atomic E-state index is 4.92. The average molecular weight is 191 g/mol. The monoisotopic (exact) mass is 191 g/mol. The van der Waals surface area contributed by atoms with Gasteiger partial charge >= 0.3 is 0 Å². The molecule has 0 aromatic carbocycles. The van der Waals surface area contributed by atoms with Crippen LogP contribution in [0, 0.1) is 0 Å². The zero-order valence-corrected chi connectivity index (χ0v) is 7.66. The van der Waals surface area contributed by atoms with Gasteiger partial charge in [0.2, 0.25) is 0 Å². The third-order valence-corrected chi connectivity index (χ3v) is 1.62. The molecule has 0 aliphatic carbocycles. The Hall–Kier alpha value is -1.82. The van der Waals surface area contributed by atoms with Crippen molar-refractivity contribution in [2.75, 3.05) is 7.11 Å². The van der Waals surface area contributed by atoms with Gasteiger partial charge in [-0.05, 0) is 12.1 Å². The lowest BCUT2D eigenvalue weighted by Crippen LogP contribution is -2.04. The Morgan fingerprint density at radius 1 is 1.21 bits per heavy atom. The van der Waals surface area contributed by atoms with Gasteiger partial charge in [0, 0.05) is 7.11 Å². The van der Waals surface area contributed by atoms with E-state index in [1.165, 1.54) is 4.80 Å².